The Morgan fingerprint density at radius 2 is 1.22 bits per heavy atom. The van der Waals surface area contributed by atoms with Gasteiger partial charge in [-0.15, -0.1) is 39.5 Å². The van der Waals surface area contributed by atoms with Crippen LogP contribution in [0.2, 0.25) is 0 Å². The summed E-state index contributed by atoms with van der Waals surface area (Å²) >= 11 is 0. The summed E-state index contributed by atoms with van der Waals surface area (Å²) in [5.74, 6) is -1.00. The molecule has 0 amide bonds. The zero-order chi connectivity index (χ0) is 15.7. The average Bonchev–Trinajstić information content (AvgIpc) is 2.49. The SMILES string of the molecule is C=C.C=C.C=C.O=C(CO)[C@H](O)[C@@H](O)[C@H](O)CO. The Labute approximate surface area is 108 Å². The van der Waals surface area contributed by atoms with Gasteiger partial charge in [-0.1, -0.05) is 0 Å². The average molecular weight is 264 g/mol. The highest BCUT2D eigenvalue weighted by molar-refractivity contribution is 5.84. The summed E-state index contributed by atoms with van der Waals surface area (Å²) in [5, 5.41) is 43.1. The number of carbonyl (C=O) groups is 1. The van der Waals surface area contributed by atoms with Crippen LogP contribution in [0, 0.1) is 0 Å². The van der Waals surface area contributed by atoms with Gasteiger partial charge in [-0.3, -0.25) is 4.79 Å². The summed E-state index contributed by atoms with van der Waals surface area (Å²) in [6, 6.07) is 0. The summed E-state index contributed by atoms with van der Waals surface area (Å²) in [4.78, 5) is 10.5. The Balaban J connectivity index is -0.000000141. The molecule has 0 saturated carbocycles. The fraction of sp³-hybridized carbons (Fsp3) is 0.417. The van der Waals surface area contributed by atoms with E-state index < -0.39 is 37.3 Å². The van der Waals surface area contributed by atoms with Crippen LogP contribution in [0.4, 0.5) is 0 Å². The van der Waals surface area contributed by atoms with E-state index in [-0.39, 0.29) is 0 Å². The highest BCUT2D eigenvalue weighted by Crippen LogP contribution is 2.00. The zero-order valence-corrected chi connectivity index (χ0v) is 10.5. The Kier molecular flexibility index (Phi) is 29.8. The first-order valence-electron chi connectivity index (χ1n) is 4.83. The van der Waals surface area contributed by atoms with Crippen molar-refractivity contribution in [3.05, 3.63) is 39.5 Å². The molecule has 108 valence electrons. The van der Waals surface area contributed by atoms with Crippen LogP contribution in [-0.2, 0) is 4.79 Å². The van der Waals surface area contributed by atoms with E-state index in [1.165, 1.54) is 0 Å². The number of hydrogen-bond acceptors (Lipinski definition) is 6. The Hall–Kier alpha value is -1.31. The minimum absolute atomic E-state index is 0.767. The number of Topliss-reactive ketones (excluding diaryl/α,β-unsaturated/α-hetero) is 1. The van der Waals surface area contributed by atoms with Crippen LogP contribution in [0.15, 0.2) is 39.5 Å². The second-order valence-electron chi connectivity index (χ2n) is 2.31. The largest absolute Gasteiger partial charge is 0.394 e. The lowest BCUT2D eigenvalue weighted by molar-refractivity contribution is -0.142. The number of aliphatic hydroxyl groups excluding tert-OH is 5. The first-order chi connectivity index (χ1) is 8.54. The van der Waals surface area contributed by atoms with Crippen molar-refractivity contribution >= 4 is 5.78 Å². The molecule has 5 N–H and O–H groups in total. The third-order valence-corrected chi connectivity index (χ3v) is 1.39. The van der Waals surface area contributed by atoms with Gasteiger partial charge in [0.15, 0.2) is 5.78 Å². The lowest BCUT2D eigenvalue weighted by Gasteiger charge is -2.19. The Bertz CT molecular complexity index is 181. The molecule has 6 heteroatoms. The first-order valence-corrected chi connectivity index (χ1v) is 4.83. The molecule has 18 heavy (non-hydrogen) atoms. The monoisotopic (exact) mass is 264 g/mol. The first kappa shape index (κ1) is 25.5. The van der Waals surface area contributed by atoms with Crippen molar-refractivity contribution in [3.8, 4) is 0 Å². The maximum Gasteiger partial charge on any atom is 0.189 e. The fourth-order valence-corrected chi connectivity index (χ4v) is 0.602. The topological polar surface area (TPSA) is 118 Å². The molecule has 0 aliphatic heterocycles. The van der Waals surface area contributed by atoms with Gasteiger partial charge in [0.2, 0.25) is 0 Å². The maximum atomic E-state index is 10.5. The van der Waals surface area contributed by atoms with E-state index in [2.05, 4.69) is 39.5 Å². The number of hydrogen-bond donors (Lipinski definition) is 5. The van der Waals surface area contributed by atoms with E-state index >= 15 is 0 Å². The van der Waals surface area contributed by atoms with Crippen molar-refractivity contribution in [1.29, 1.82) is 0 Å². The number of carbonyl (C=O) groups excluding carboxylic acids is 1. The second kappa shape index (κ2) is 21.0. The predicted octanol–water partition coefficient (Wildman–Crippen LogP) is -0.971. The standard InChI is InChI=1S/C6H12O6.3C2H4/c7-1-3(9)5(11)6(12)4(10)2-8;3*1-2/h3,5-9,11-12H,1-2H2;3*1-2H2/t3-,5+,6+;;;/m1.../s1. The second-order valence-corrected chi connectivity index (χ2v) is 2.31. The third-order valence-electron chi connectivity index (χ3n) is 1.39. The zero-order valence-electron chi connectivity index (χ0n) is 10.5. The van der Waals surface area contributed by atoms with Gasteiger partial charge in [-0.25, -0.2) is 0 Å². The molecule has 0 bridgehead atoms. The Morgan fingerprint density at radius 3 is 1.44 bits per heavy atom. The molecule has 0 aromatic rings. The van der Waals surface area contributed by atoms with E-state index in [1.807, 2.05) is 0 Å². The summed E-state index contributed by atoms with van der Waals surface area (Å²) < 4.78 is 0. The van der Waals surface area contributed by atoms with Crippen LogP contribution >= 0.6 is 0 Å². The van der Waals surface area contributed by atoms with E-state index in [0.29, 0.717) is 0 Å². The molecule has 0 heterocycles. The van der Waals surface area contributed by atoms with Gasteiger partial charge in [0.25, 0.3) is 0 Å². The van der Waals surface area contributed by atoms with E-state index in [1.54, 1.807) is 0 Å². The van der Waals surface area contributed by atoms with Crippen LogP contribution in [0.3, 0.4) is 0 Å². The fourth-order valence-electron chi connectivity index (χ4n) is 0.602. The minimum atomic E-state index is -1.86. The predicted molar refractivity (Wildman–Crippen MR) is 71.0 cm³/mol. The van der Waals surface area contributed by atoms with Gasteiger partial charge >= 0.3 is 0 Å². The van der Waals surface area contributed by atoms with Gasteiger partial charge in [0, 0.05) is 0 Å². The number of ketones is 1. The molecule has 0 aromatic heterocycles. The highest BCUT2D eigenvalue weighted by atomic mass is 16.4. The van der Waals surface area contributed by atoms with Crippen molar-refractivity contribution in [2.75, 3.05) is 13.2 Å². The van der Waals surface area contributed by atoms with Gasteiger partial charge < -0.3 is 25.5 Å². The van der Waals surface area contributed by atoms with E-state index in [4.69, 9.17) is 25.5 Å². The summed E-state index contributed by atoms with van der Waals surface area (Å²) in [7, 11) is 0. The van der Waals surface area contributed by atoms with Crippen molar-refractivity contribution in [2.45, 2.75) is 18.3 Å². The van der Waals surface area contributed by atoms with Gasteiger partial charge in [0.1, 0.15) is 24.9 Å². The molecule has 3 atom stereocenters. The van der Waals surface area contributed by atoms with Crippen LogP contribution in [0.5, 0.6) is 0 Å². The molecular weight excluding hydrogens is 240 g/mol. The van der Waals surface area contributed by atoms with Crippen molar-refractivity contribution in [2.24, 2.45) is 0 Å². The quantitative estimate of drug-likeness (QED) is 0.408. The van der Waals surface area contributed by atoms with Crippen LogP contribution in [0.25, 0.3) is 0 Å². The number of aliphatic hydroxyl groups is 5. The van der Waals surface area contributed by atoms with Gasteiger partial charge in [-0.2, -0.15) is 0 Å². The minimum Gasteiger partial charge on any atom is -0.394 e. The summed E-state index contributed by atoms with van der Waals surface area (Å²) in [6.45, 7) is 16.3. The molecule has 0 aliphatic rings. The molecule has 0 radical (unpaired) electrons. The van der Waals surface area contributed by atoms with Gasteiger partial charge in [0.05, 0.1) is 6.61 Å². The summed E-state index contributed by atoms with van der Waals surface area (Å²) in [5.41, 5.74) is 0. The molecule has 0 fully saturated rings. The molecule has 0 aromatic carbocycles. The smallest absolute Gasteiger partial charge is 0.189 e. The molecule has 0 spiro atoms. The van der Waals surface area contributed by atoms with Crippen LogP contribution in [-0.4, -0.2) is 62.8 Å². The van der Waals surface area contributed by atoms with Crippen molar-refractivity contribution in [1.82, 2.24) is 0 Å². The summed E-state index contributed by atoms with van der Waals surface area (Å²) in [6.07, 6.45) is -5.22. The molecule has 0 rings (SSSR count). The molecule has 6 nitrogen and oxygen atoms in total. The van der Waals surface area contributed by atoms with Crippen molar-refractivity contribution < 1.29 is 30.3 Å². The van der Waals surface area contributed by atoms with Crippen LogP contribution in [0.1, 0.15) is 0 Å². The molecule has 0 unspecified atom stereocenters. The number of rotatable bonds is 5. The highest BCUT2D eigenvalue weighted by Gasteiger charge is 2.28. The van der Waals surface area contributed by atoms with E-state index in [0.717, 1.165) is 0 Å². The lowest BCUT2D eigenvalue weighted by Crippen LogP contribution is -2.44. The third kappa shape index (κ3) is 12.8. The normalized spacial score (nSPS) is 12.9. The van der Waals surface area contributed by atoms with E-state index in [9.17, 15) is 4.79 Å². The molecule has 0 saturated heterocycles. The van der Waals surface area contributed by atoms with Gasteiger partial charge in [-0.05, 0) is 0 Å². The lowest BCUT2D eigenvalue weighted by atomic mass is 10.1. The molecule has 0 aliphatic carbocycles. The van der Waals surface area contributed by atoms with Crippen LogP contribution < -0.4 is 0 Å². The maximum absolute atomic E-state index is 10.5. The van der Waals surface area contributed by atoms with Crippen molar-refractivity contribution in [3.63, 3.8) is 0 Å². The Morgan fingerprint density at radius 1 is 0.889 bits per heavy atom. The molecular formula is C12H24O6.